The van der Waals surface area contributed by atoms with E-state index in [2.05, 4.69) is 20.9 Å². The van der Waals surface area contributed by atoms with Gasteiger partial charge in [-0.1, -0.05) is 0 Å². The maximum atomic E-state index is 12.2. The molecule has 0 spiro atoms. The summed E-state index contributed by atoms with van der Waals surface area (Å²) in [6, 6.07) is 1.62. The van der Waals surface area contributed by atoms with Crippen LogP contribution in [-0.4, -0.2) is 29.4 Å². The normalized spacial score (nSPS) is 10.7. The monoisotopic (exact) mass is 358 g/mol. The zero-order chi connectivity index (χ0) is 16.2. The summed E-state index contributed by atoms with van der Waals surface area (Å²) in [4.78, 5) is 29.4. The number of ether oxygens (including phenoxy) is 2. The van der Waals surface area contributed by atoms with Gasteiger partial charge in [-0.25, -0.2) is 9.59 Å². The molecule has 0 N–H and O–H groups in total. The average Bonchev–Trinajstić information content (AvgIpc) is 2.31. The lowest BCUT2D eigenvalue weighted by atomic mass is 10.3. The fourth-order valence-corrected chi connectivity index (χ4v) is 1.82. The van der Waals surface area contributed by atoms with E-state index in [-0.39, 0.29) is 12.2 Å². The molecule has 21 heavy (non-hydrogen) atoms. The molecule has 1 rings (SSSR count). The number of carbonyl (C=O) groups excluding carboxylic acids is 2. The highest BCUT2D eigenvalue weighted by Gasteiger charge is 2.30. The van der Waals surface area contributed by atoms with E-state index in [4.69, 9.17) is 9.47 Å². The van der Waals surface area contributed by atoms with E-state index in [1.807, 2.05) is 0 Å². The number of amides is 2. The molecule has 0 aliphatic carbocycles. The summed E-state index contributed by atoms with van der Waals surface area (Å²) < 4.78 is 10.9. The number of pyridine rings is 1. The fraction of sp³-hybridized carbons (Fsp3) is 0.500. The van der Waals surface area contributed by atoms with Gasteiger partial charge < -0.3 is 9.47 Å². The van der Waals surface area contributed by atoms with Crippen LogP contribution in [0.3, 0.4) is 0 Å². The minimum atomic E-state index is -0.793. The number of rotatable bonds is 3. The largest absolute Gasteiger partial charge is 0.446 e. The first-order chi connectivity index (χ1) is 9.72. The molecule has 7 heteroatoms. The predicted molar refractivity (Wildman–Crippen MR) is 82.4 cm³/mol. The van der Waals surface area contributed by atoms with Crippen LogP contribution in [0.25, 0.3) is 0 Å². The lowest BCUT2D eigenvalue weighted by Crippen LogP contribution is -2.40. The van der Waals surface area contributed by atoms with Crippen molar-refractivity contribution in [2.45, 2.75) is 46.8 Å². The molecule has 1 aromatic rings. The van der Waals surface area contributed by atoms with Crippen LogP contribution in [-0.2, 0) is 9.47 Å². The Morgan fingerprint density at radius 1 is 1.14 bits per heavy atom. The second-order valence-corrected chi connectivity index (χ2v) is 5.87. The first-order valence-electron chi connectivity index (χ1n) is 6.55. The summed E-state index contributed by atoms with van der Waals surface area (Å²) in [5.41, 5.74) is 0.834. The van der Waals surface area contributed by atoms with Gasteiger partial charge in [0.1, 0.15) is 0 Å². The van der Waals surface area contributed by atoms with Gasteiger partial charge in [0.15, 0.2) is 0 Å². The summed E-state index contributed by atoms with van der Waals surface area (Å²) in [5, 5.41) is 0. The number of hydrogen-bond acceptors (Lipinski definition) is 5. The molecule has 0 saturated carbocycles. The zero-order valence-electron chi connectivity index (χ0n) is 12.7. The van der Waals surface area contributed by atoms with E-state index >= 15 is 0 Å². The van der Waals surface area contributed by atoms with Crippen LogP contribution < -0.4 is 4.90 Å². The Hall–Kier alpha value is -1.63. The van der Waals surface area contributed by atoms with Gasteiger partial charge in [0, 0.05) is 10.7 Å². The Morgan fingerprint density at radius 3 is 2.05 bits per heavy atom. The van der Waals surface area contributed by atoms with Crippen LogP contribution in [0, 0.1) is 6.92 Å². The van der Waals surface area contributed by atoms with Crippen molar-refractivity contribution < 1.29 is 19.1 Å². The molecule has 0 atom stereocenters. The summed E-state index contributed by atoms with van der Waals surface area (Å²) >= 11 is 3.27. The van der Waals surface area contributed by atoms with Gasteiger partial charge in [-0.3, -0.25) is 4.98 Å². The van der Waals surface area contributed by atoms with Crippen molar-refractivity contribution in [3.05, 3.63) is 22.4 Å². The molecule has 0 radical (unpaired) electrons. The van der Waals surface area contributed by atoms with Crippen molar-refractivity contribution in [2.24, 2.45) is 0 Å². The number of nitrogens with zero attached hydrogens (tertiary/aromatic N) is 2. The van der Waals surface area contributed by atoms with Crippen molar-refractivity contribution in [1.82, 2.24) is 4.98 Å². The van der Waals surface area contributed by atoms with Crippen LogP contribution in [0.4, 0.5) is 15.3 Å². The molecule has 1 heterocycles. The molecular weight excluding hydrogens is 340 g/mol. The van der Waals surface area contributed by atoms with Crippen molar-refractivity contribution in [2.75, 3.05) is 4.90 Å². The number of aryl methyl sites for hydroxylation is 1. The molecule has 0 saturated heterocycles. The van der Waals surface area contributed by atoms with Crippen LogP contribution in [0.2, 0.25) is 0 Å². The molecule has 0 unspecified atom stereocenters. The zero-order valence-corrected chi connectivity index (χ0v) is 14.3. The lowest BCUT2D eigenvalue weighted by molar-refractivity contribution is 0.104. The molecule has 0 bridgehead atoms. The highest BCUT2D eigenvalue weighted by atomic mass is 79.9. The molecule has 0 aliphatic heterocycles. The van der Waals surface area contributed by atoms with Crippen LogP contribution >= 0.6 is 15.9 Å². The third-order valence-corrected chi connectivity index (χ3v) is 2.74. The SMILES string of the molecule is Cc1ncc(Br)cc1N(C(=O)OC(C)C)C(=O)OC(C)C. The standard InChI is InChI=1S/C14H19BrN2O4/c1-8(2)20-13(18)17(14(19)21-9(3)4)12-6-11(15)7-16-10(12)5/h6-9H,1-5H3. The summed E-state index contributed by atoms with van der Waals surface area (Å²) in [5.74, 6) is 0. The van der Waals surface area contributed by atoms with Crippen molar-refractivity contribution in [3.63, 3.8) is 0 Å². The Bertz CT molecular complexity index is 510. The topological polar surface area (TPSA) is 68.7 Å². The molecule has 1 aromatic heterocycles. The fourth-order valence-electron chi connectivity index (χ4n) is 1.50. The second kappa shape index (κ2) is 7.40. The number of carbonyl (C=O) groups is 2. The maximum absolute atomic E-state index is 12.2. The minimum absolute atomic E-state index is 0.320. The van der Waals surface area contributed by atoms with Crippen LogP contribution in [0.15, 0.2) is 16.7 Å². The number of imide groups is 1. The summed E-state index contributed by atoms with van der Waals surface area (Å²) in [6.45, 7) is 8.51. The van der Waals surface area contributed by atoms with Gasteiger partial charge in [-0.05, 0) is 56.6 Å². The highest BCUT2D eigenvalue weighted by Crippen LogP contribution is 2.24. The molecule has 6 nitrogen and oxygen atoms in total. The Kier molecular flexibility index (Phi) is 6.14. The van der Waals surface area contributed by atoms with E-state index in [0.29, 0.717) is 15.9 Å². The molecule has 2 amide bonds. The Balaban J connectivity index is 3.20. The Labute approximate surface area is 132 Å². The number of halogens is 1. The predicted octanol–water partition coefficient (Wildman–Crippen LogP) is 4.05. The molecule has 0 fully saturated rings. The van der Waals surface area contributed by atoms with E-state index in [1.165, 1.54) is 0 Å². The first-order valence-corrected chi connectivity index (χ1v) is 7.35. The van der Waals surface area contributed by atoms with Gasteiger partial charge in [-0.15, -0.1) is 0 Å². The first kappa shape index (κ1) is 17.4. The van der Waals surface area contributed by atoms with E-state index in [9.17, 15) is 9.59 Å². The summed E-state index contributed by atoms with van der Waals surface area (Å²) in [7, 11) is 0. The van der Waals surface area contributed by atoms with E-state index in [0.717, 1.165) is 4.90 Å². The van der Waals surface area contributed by atoms with Gasteiger partial charge in [-0.2, -0.15) is 4.90 Å². The Morgan fingerprint density at radius 2 is 1.62 bits per heavy atom. The molecule has 0 aromatic carbocycles. The van der Waals surface area contributed by atoms with Gasteiger partial charge in [0.2, 0.25) is 0 Å². The molecule has 116 valence electrons. The number of anilines is 1. The van der Waals surface area contributed by atoms with Crippen molar-refractivity contribution in [3.8, 4) is 0 Å². The molecular formula is C14H19BrN2O4. The van der Waals surface area contributed by atoms with Gasteiger partial charge in [0.05, 0.1) is 23.6 Å². The van der Waals surface area contributed by atoms with Crippen molar-refractivity contribution >= 4 is 33.8 Å². The van der Waals surface area contributed by atoms with Gasteiger partial charge >= 0.3 is 12.2 Å². The lowest BCUT2D eigenvalue weighted by Gasteiger charge is -2.23. The third kappa shape index (κ3) is 5.00. The highest BCUT2D eigenvalue weighted by molar-refractivity contribution is 9.10. The smallest absolute Gasteiger partial charge is 0.424 e. The number of aromatic nitrogens is 1. The second-order valence-electron chi connectivity index (χ2n) is 4.96. The maximum Gasteiger partial charge on any atom is 0.424 e. The van der Waals surface area contributed by atoms with E-state index in [1.54, 1.807) is 46.9 Å². The van der Waals surface area contributed by atoms with Gasteiger partial charge in [0.25, 0.3) is 0 Å². The molecule has 0 aliphatic rings. The average molecular weight is 359 g/mol. The van der Waals surface area contributed by atoms with Crippen molar-refractivity contribution in [1.29, 1.82) is 0 Å². The van der Waals surface area contributed by atoms with Crippen LogP contribution in [0.5, 0.6) is 0 Å². The van der Waals surface area contributed by atoms with Crippen LogP contribution in [0.1, 0.15) is 33.4 Å². The quantitative estimate of drug-likeness (QED) is 0.814. The number of hydrogen-bond donors (Lipinski definition) is 0. The third-order valence-electron chi connectivity index (χ3n) is 2.31. The van der Waals surface area contributed by atoms with E-state index < -0.39 is 12.2 Å². The summed E-state index contributed by atoms with van der Waals surface area (Å²) in [6.07, 6.45) is -0.713. The minimum Gasteiger partial charge on any atom is -0.446 e.